The lowest BCUT2D eigenvalue weighted by atomic mass is 10.0. The largest absolute Gasteiger partial charge is 0.496 e. The summed E-state index contributed by atoms with van der Waals surface area (Å²) in [5.41, 5.74) is 7.63. The first kappa shape index (κ1) is 14.7. The van der Waals surface area contributed by atoms with Crippen molar-refractivity contribution in [2.75, 3.05) is 7.11 Å². The minimum Gasteiger partial charge on any atom is -0.496 e. The zero-order valence-corrected chi connectivity index (χ0v) is 12.8. The highest BCUT2D eigenvalue weighted by Gasteiger charge is 2.27. The molecule has 0 aliphatic heterocycles. The first-order chi connectivity index (χ1) is 9.26. The average Bonchev–Trinajstić information content (AvgIpc) is 2.97. The van der Waals surface area contributed by atoms with E-state index in [1.165, 1.54) is 31.2 Å². The molecule has 2 rings (SSSR count). The van der Waals surface area contributed by atoms with Gasteiger partial charge >= 0.3 is 0 Å². The Morgan fingerprint density at radius 3 is 2.63 bits per heavy atom. The van der Waals surface area contributed by atoms with Crippen molar-refractivity contribution in [3.05, 3.63) is 29.8 Å². The molecular formula is C16H25NOS. The highest BCUT2D eigenvalue weighted by molar-refractivity contribution is 8.00. The Morgan fingerprint density at radius 2 is 2.00 bits per heavy atom. The fraction of sp³-hybridized carbons (Fsp3) is 0.625. The maximum atomic E-state index is 6.37. The van der Waals surface area contributed by atoms with E-state index in [9.17, 15) is 0 Å². The second-order valence-electron chi connectivity index (χ2n) is 5.28. The Bertz CT molecular complexity index is 390. The van der Waals surface area contributed by atoms with Crippen molar-refractivity contribution in [3.8, 4) is 5.75 Å². The van der Waals surface area contributed by atoms with E-state index in [0.29, 0.717) is 5.25 Å². The van der Waals surface area contributed by atoms with Crippen molar-refractivity contribution in [1.82, 2.24) is 0 Å². The molecule has 1 aliphatic carbocycles. The van der Waals surface area contributed by atoms with Gasteiger partial charge in [0.2, 0.25) is 0 Å². The van der Waals surface area contributed by atoms with Gasteiger partial charge in [0.25, 0.3) is 0 Å². The van der Waals surface area contributed by atoms with Crippen LogP contribution in [0.4, 0.5) is 0 Å². The first-order valence-electron chi connectivity index (χ1n) is 7.30. The minimum absolute atomic E-state index is 0.196. The van der Waals surface area contributed by atoms with Crippen molar-refractivity contribution < 1.29 is 4.74 Å². The quantitative estimate of drug-likeness (QED) is 0.849. The highest BCUT2D eigenvalue weighted by Crippen LogP contribution is 2.44. The summed E-state index contributed by atoms with van der Waals surface area (Å²) in [4.78, 5) is 0. The smallest absolute Gasteiger partial charge is 0.123 e. The fourth-order valence-electron chi connectivity index (χ4n) is 2.75. The number of nitrogens with two attached hydrogens (primary N) is 1. The van der Waals surface area contributed by atoms with Crippen molar-refractivity contribution in [2.24, 2.45) is 5.73 Å². The number of thioether (sulfide) groups is 1. The molecule has 106 valence electrons. The van der Waals surface area contributed by atoms with E-state index in [-0.39, 0.29) is 6.04 Å². The van der Waals surface area contributed by atoms with Crippen LogP contribution in [0.2, 0.25) is 0 Å². The normalized spacial score (nSPS) is 19.3. The molecule has 0 aromatic heterocycles. The number of rotatable bonds is 6. The lowest BCUT2D eigenvalue weighted by Crippen LogP contribution is -2.27. The van der Waals surface area contributed by atoms with Gasteiger partial charge in [0.15, 0.2) is 0 Å². The van der Waals surface area contributed by atoms with Gasteiger partial charge in [0, 0.05) is 22.1 Å². The Balaban J connectivity index is 2.20. The van der Waals surface area contributed by atoms with E-state index < -0.39 is 0 Å². The summed E-state index contributed by atoms with van der Waals surface area (Å²) >= 11 is 2.06. The summed E-state index contributed by atoms with van der Waals surface area (Å²) in [5, 5.41) is 1.12. The second kappa shape index (κ2) is 7.20. The van der Waals surface area contributed by atoms with Crippen LogP contribution in [0.3, 0.4) is 0 Å². The van der Waals surface area contributed by atoms with Gasteiger partial charge < -0.3 is 10.5 Å². The maximum absolute atomic E-state index is 6.37. The molecule has 2 nitrogen and oxygen atoms in total. The maximum Gasteiger partial charge on any atom is 0.123 e. The summed E-state index contributed by atoms with van der Waals surface area (Å²) in [6, 6.07) is 8.52. The van der Waals surface area contributed by atoms with Crippen molar-refractivity contribution in [2.45, 2.75) is 55.6 Å². The van der Waals surface area contributed by atoms with Crippen LogP contribution in [0.5, 0.6) is 5.75 Å². The summed E-state index contributed by atoms with van der Waals surface area (Å²) in [7, 11) is 1.74. The van der Waals surface area contributed by atoms with Crippen LogP contribution < -0.4 is 10.5 Å². The molecule has 0 bridgehead atoms. The summed E-state index contributed by atoms with van der Waals surface area (Å²) in [6.07, 6.45) is 6.43. The third-order valence-electron chi connectivity index (χ3n) is 3.95. The molecule has 19 heavy (non-hydrogen) atoms. The van der Waals surface area contributed by atoms with Gasteiger partial charge in [-0.2, -0.15) is 0 Å². The van der Waals surface area contributed by atoms with Gasteiger partial charge in [-0.05, 0) is 25.3 Å². The van der Waals surface area contributed by atoms with Crippen LogP contribution in [-0.2, 0) is 0 Å². The van der Waals surface area contributed by atoms with E-state index in [1.54, 1.807) is 7.11 Å². The summed E-state index contributed by atoms with van der Waals surface area (Å²) < 4.78 is 5.52. The van der Waals surface area contributed by atoms with E-state index in [1.807, 2.05) is 12.1 Å². The molecule has 3 heteroatoms. The molecule has 1 saturated carbocycles. The Kier molecular flexibility index (Phi) is 5.59. The molecule has 0 radical (unpaired) electrons. The fourth-order valence-corrected chi connectivity index (χ4v) is 4.51. The van der Waals surface area contributed by atoms with Gasteiger partial charge in [-0.25, -0.2) is 0 Å². The number of benzene rings is 1. The van der Waals surface area contributed by atoms with Crippen LogP contribution in [0, 0.1) is 0 Å². The van der Waals surface area contributed by atoms with Crippen molar-refractivity contribution >= 4 is 11.8 Å². The third kappa shape index (κ3) is 3.67. The molecule has 2 N–H and O–H groups in total. The Morgan fingerprint density at radius 1 is 1.32 bits per heavy atom. The third-order valence-corrected chi connectivity index (χ3v) is 5.70. The first-order valence-corrected chi connectivity index (χ1v) is 8.24. The van der Waals surface area contributed by atoms with Crippen LogP contribution in [-0.4, -0.2) is 18.4 Å². The molecule has 0 saturated heterocycles. The predicted octanol–water partition coefficient (Wildman–Crippen LogP) is 4.15. The van der Waals surface area contributed by atoms with Crippen LogP contribution in [0.15, 0.2) is 24.3 Å². The van der Waals surface area contributed by atoms with Gasteiger partial charge in [0.05, 0.1) is 7.11 Å². The topological polar surface area (TPSA) is 35.2 Å². The molecule has 2 unspecified atom stereocenters. The highest BCUT2D eigenvalue weighted by atomic mass is 32.2. The lowest BCUT2D eigenvalue weighted by molar-refractivity contribution is 0.407. The van der Waals surface area contributed by atoms with Crippen molar-refractivity contribution in [3.63, 3.8) is 0 Å². The predicted molar refractivity (Wildman–Crippen MR) is 83.8 cm³/mol. The zero-order valence-electron chi connectivity index (χ0n) is 12.0. The lowest BCUT2D eigenvalue weighted by Gasteiger charge is -2.27. The van der Waals surface area contributed by atoms with E-state index in [4.69, 9.17) is 10.5 Å². The van der Waals surface area contributed by atoms with Gasteiger partial charge in [-0.3, -0.25) is 0 Å². The number of hydrogen-bond acceptors (Lipinski definition) is 3. The SMILES string of the molecule is CCC(N)C(SC1CCCC1)c1ccccc1OC. The molecule has 0 spiro atoms. The Labute approximate surface area is 121 Å². The summed E-state index contributed by atoms with van der Waals surface area (Å²) in [5.74, 6) is 0.974. The summed E-state index contributed by atoms with van der Waals surface area (Å²) in [6.45, 7) is 2.17. The number of ether oxygens (including phenoxy) is 1. The van der Waals surface area contributed by atoms with Crippen molar-refractivity contribution in [1.29, 1.82) is 0 Å². The number of para-hydroxylation sites is 1. The van der Waals surface area contributed by atoms with Crippen LogP contribution in [0.1, 0.15) is 49.8 Å². The van der Waals surface area contributed by atoms with Crippen LogP contribution >= 0.6 is 11.8 Å². The second-order valence-corrected chi connectivity index (χ2v) is 6.72. The standard InChI is InChI=1S/C16H25NOS/c1-3-14(17)16(19-12-8-4-5-9-12)13-10-6-7-11-15(13)18-2/h6-7,10-12,14,16H,3-5,8-9,17H2,1-2H3. The van der Waals surface area contributed by atoms with Crippen LogP contribution in [0.25, 0.3) is 0 Å². The molecule has 0 heterocycles. The molecule has 0 amide bonds. The van der Waals surface area contributed by atoms with E-state index >= 15 is 0 Å². The van der Waals surface area contributed by atoms with Gasteiger partial charge in [-0.15, -0.1) is 11.8 Å². The number of methoxy groups -OCH3 is 1. The minimum atomic E-state index is 0.196. The van der Waals surface area contributed by atoms with Gasteiger partial charge in [0.1, 0.15) is 5.75 Å². The molecule has 1 aromatic carbocycles. The molecule has 1 aliphatic rings. The molecule has 1 aromatic rings. The molecular weight excluding hydrogens is 254 g/mol. The van der Waals surface area contributed by atoms with Gasteiger partial charge in [-0.1, -0.05) is 38.0 Å². The number of hydrogen-bond donors (Lipinski definition) is 1. The van der Waals surface area contributed by atoms with E-state index in [2.05, 4.69) is 30.8 Å². The monoisotopic (exact) mass is 279 g/mol. The van der Waals surface area contributed by atoms with E-state index in [0.717, 1.165) is 17.4 Å². The molecule has 1 fully saturated rings. The average molecular weight is 279 g/mol. The molecule has 2 atom stereocenters. The zero-order chi connectivity index (χ0) is 13.7. The Hall–Kier alpha value is -0.670.